The molecule has 1 aromatic carbocycles. The summed E-state index contributed by atoms with van der Waals surface area (Å²) in [6.45, 7) is 1.85. The fourth-order valence-electron chi connectivity index (χ4n) is 2.45. The summed E-state index contributed by atoms with van der Waals surface area (Å²) >= 11 is 0. The van der Waals surface area contributed by atoms with Crippen LogP contribution in [0.4, 0.5) is 0 Å². The van der Waals surface area contributed by atoms with Gasteiger partial charge in [0.15, 0.2) is 0 Å². The van der Waals surface area contributed by atoms with Gasteiger partial charge in [0.25, 0.3) is 0 Å². The molecule has 1 N–H and O–H groups in total. The van der Waals surface area contributed by atoms with Gasteiger partial charge in [0, 0.05) is 0 Å². The quantitative estimate of drug-likeness (QED) is 0.899. The van der Waals surface area contributed by atoms with E-state index in [9.17, 15) is 0 Å². The lowest BCUT2D eigenvalue weighted by Gasteiger charge is -2.30. The average Bonchev–Trinajstić information content (AvgIpc) is 2.99. The predicted molar refractivity (Wildman–Crippen MR) is 73.7 cm³/mol. The smallest absolute Gasteiger partial charge is 0.102 e. The molecule has 0 aliphatic carbocycles. The molecule has 1 aliphatic rings. The van der Waals surface area contributed by atoms with Gasteiger partial charge in [-0.15, -0.1) is 5.10 Å². The Morgan fingerprint density at radius 3 is 2.85 bits per heavy atom. The van der Waals surface area contributed by atoms with Crippen molar-refractivity contribution in [2.45, 2.75) is 12.1 Å². The second kappa shape index (κ2) is 6.13. The van der Waals surface area contributed by atoms with E-state index in [1.54, 1.807) is 6.20 Å². The Morgan fingerprint density at radius 1 is 1.30 bits per heavy atom. The van der Waals surface area contributed by atoms with Gasteiger partial charge in [-0.2, -0.15) is 0 Å². The van der Waals surface area contributed by atoms with Crippen molar-refractivity contribution in [3.05, 3.63) is 42.2 Å². The first kappa shape index (κ1) is 13.2. The SMILES string of the molecule is CNC(c1cnnn1-c1ccccc1)C1COCCO1. The van der Waals surface area contributed by atoms with Crippen molar-refractivity contribution in [2.24, 2.45) is 0 Å². The molecule has 0 amide bonds. The van der Waals surface area contributed by atoms with Crippen LogP contribution in [0.1, 0.15) is 11.7 Å². The van der Waals surface area contributed by atoms with Crippen LogP contribution in [-0.2, 0) is 9.47 Å². The molecule has 1 aromatic heterocycles. The van der Waals surface area contributed by atoms with Crippen molar-refractivity contribution in [3.63, 3.8) is 0 Å². The number of aromatic nitrogens is 3. The lowest BCUT2D eigenvalue weighted by Crippen LogP contribution is -2.40. The van der Waals surface area contributed by atoms with Crippen molar-refractivity contribution < 1.29 is 9.47 Å². The fraction of sp³-hybridized carbons (Fsp3) is 0.429. The molecule has 0 radical (unpaired) electrons. The molecule has 2 heterocycles. The van der Waals surface area contributed by atoms with E-state index >= 15 is 0 Å². The maximum Gasteiger partial charge on any atom is 0.102 e. The Hall–Kier alpha value is -1.76. The third kappa shape index (κ3) is 2.58. The Balaban J connectivity index is 1.91. The van der Waals surface area contributed by atoms with Crippen molar-refractivity contribution in [1.82, 2.24) is 20.3 Å². The summed E-state index contributed by atoms with van der Waals surface area (Å²) in [4.78, 5) is 0. The molecule has 0 saturated carbocycles. The molecule has 3 rings (SSSR count). The summed E-state index contributed by atoms with van der Waals surface area (Å²) < 4.78 is 13.1. The van der Waals surface area contributed by atoms with Gasteiger partial charge in [-0.3, -0.25) is 0 Å². The second-order valence-electron chi connectivity index (χ2n) is 4.66. The average molecular weight is 274 g/mol. The van der Waals surface area contributed by atoms with Crippen LogP contribution in [0, 0.1) is 0 Å². The molecule has 0 spiro atoms. The summed E-state index contributed by atoms with van der Waals surface area (Å²) in [7, 11) is 1.91. The molecule has 1 saturated heterocycles. The van der Waals surface area contributed by atoms with Crippen LogP contribution in [0.5, 0.6) is 0 Å². The van der Waals surface area contributed by atoms with Crippen LogP contribution < -0.4 is 5.32 Å². The predicted octanol–water partition coefficient (Wildman–Crippen LogP) is 0.943. The molecule has 2 unspecified atom stereocenters. The summed E-state index contributed by atoms with van der Waals surface area (Å²) in [5, 5.41) is 11.5. The summed E-state index contributed by atoms with van der Waals surface area (Å²) in [6.07, 6.45) is 1.74. The number of nitrogens with zero attached hydrogens (tertiary/aromatic N) is 3. The van der Waals surface area contributed by atoms with Gasteiger partial charge in [0.1, 0.15) is 6.10 Å². The Morgan fingerprint density at radius 2 is 2.15 bits per heavy atom. The number of para-hydroxylation sites is 1. The van der Waals surface area contributed by atoms with Crippen molar-refractivity contribution >= 4 is 0 Å². The molecule has 1 aliphatic heterocycles. The largest absolute Gasteiger partial charge is 0.376 e. The minimum atomic E-state index is -0.0327. The second-order valence-corrected chi connectivity index (χ2v) is 4.66. The molecule has 2 aromatic rings. The van der Waals surface area contributed by atoms with E-state index in [-0.39, 0.29) is 12.1 Å². The maximum atomic E-state index is 5.79. The van der Waals surface area contributed by atoms with Gasteiger partial charge in [-0.05, 0) is 19.2 Å². The van der Waals surface area contributed by atoms with Crippen LogP contribution in [-0.4, -0.2) is 48.0 Å². The van der Waals surface area contributed by atoms with Crippen LogP contribution in [0.15, 0.2) is 36.5 Å². The van der Waals surface area contributed by atoms with Gasteiger partial charge < -0.3 is 14.8 Å². The Kier molecular flexibility index (Phi) is 4.05. The zero-order valence-electron chi connectivity index (χ0n) is 11.4. The van der Waals surface area contributed by atoms with E-state index in [1.165, 1.54) is 0 Å². The first-order chi connectivity index (χ1) is 9.90. The Labute approximate surface area is 117 Å². The minimum Gasteiger partial charge on any atom is -0.376 e. The first-order valence-corrected chi connectivity index (χ1v) is 6.73. The number of hydrogen-bond donors (Lipinski definition) is 1. The number of hydrogen-bond acceptors (Lipinski definition) is 5. The molecular weight excluding hydrogens is 256 g/mol. The first-order valence-electron chi connectivity index (χ1n) is 6.73. The number of nitrogens with one attached hydrogen (secondary N) is 1. The highest BCUT2D eigenvalue weighted by Crippen LogP contribution is 2.22. The molecule has 1 fully saturated rings. The standard InChI is InChI=1S/C14H18N4O2/c1-15-14(13-10-19-7-8-20-13)12-9-16-17-18(12)11-5-3-2-4-6-11/h2-6,9,13-15H,7-8,10H2,1H3. The van der Waals surface area contributed by atoms with E-state index in [1.807, 2.05) is 42.1 Å². The third-order valence-electron chi connectivity index (χ3n) is 3.42. The highest BCUT2D eigenvalue weighted by molar-refractivity contribution is 5.32. The molecule has 0 bridgehead atoms. The van der Waals surface area contributed by atoms with Crippen molar-refractivity contribution in [1.29, 1.82) is 0 Å². The molecular formula is C14H18N4O2. The normalized spacial score (nSPS) is 20.8. The lowest BCUT2D eigenvalue weighted by molar-refractivity contribution is -0.102. The third-order valence-corrected chi connectivity index (χ3v) is 3.42. The minimum absolute atomic E-state index is 0.00879. The lowest BCUT2D eigenvalue weighted by atomic mass is 10.1. The molecule has 20 heavy (non-hydrogen) atoms. The molecule has 6 heteroatoms. The summed E-state index contributed by atoms with van der Waals surface area (Å²) in [6, 6.07) is 9.94. The van der Waals surface area contributed by atoms with E-state index < -0.39 is 0 Å². The van der Waals surface area contributed by atoms with E-state index in [0.717, 1.165) is 11.4 Å². The van der Waals surface area contributed by atoms with E-state index in [0.29, 0.717) is 19.8 Å². The monoisotopic (exact) mass is 274 g/mol. The topological polar surface area (TPSA) is 61.2 Å². The molecule has 106 valence electrons. The van der Waals surface area contributed by atoms with Gasteiger partial charge in [0.05, 0.1) is 43.4 Å². The van der Waals surface area contributed by atoms with Gasteiger partial charge in [-0.1, -0.05) is 23.4 Å². The van der Waals surface area contributed by atoms with Gasteiger partial charge >= 0.3 is 0 Å². The fourth-order valence-corrected chi connectivity index (χ4v) is 2.45. The van der Waals surface area contributed by atoms with Gasteiger partial charge in [0.2, 0.25) is 0 Å². The zero-order chi connectivity index (χ0) is 13.8. The van der Waals surface area contributed by atoms with E-state index in [2.05, 4.69) is 15.6 Å². The number of benzene rings is 1. The van der Waals surface area contributed by atoms with Crippen molar-refractivity contribution in [3.8, 4) is 5.69 Å². The van der Waals surface area contributed by atoms with Crippen LogP contribution in [0.3, 0.4) is 0 Å². The van der Waals surface area contributed by atoms with E-state index in [4.69, 9.17) is 9.47 Å². The molecule has 6 nitrogen and oxygen atoms in total. The van der Waals surface area contributed by atoms with Crippen LogP contribution >= 0.6 is 0 Å². The number of likely N-dealkylation sites (N-methyl/N-ethyl adjacent to an activating group) is 1. The van der Waals surface area contributed by atoms with Crippen molar-refractivity contribution in [2.75, 3.05) is 26.9 Å². The Bertz CT molecular complexity index is 537. The number of rotatable bonds is 4. The number of ether oxygens (including phenoxy) is 2. The zero-order valence-corrected chi connectivity index (χ0v) is 11.4. The highest BCUT2D eigenvalue weighted by atomic mass is 16.6. The van der Waals surface area contributed by atoms with Gasteiger partial charge in [-0.25, -0.2) is 4.68 Å². The summed E-state index contributed by atoms with van der Waals surface area (Å²) in [5.74, 6) is 0. The molecule has 2 atom stereocenters. The van der Waals surface area contributed by atoms with Crippen LogP contribution in [0.2, 0.25) is 0 Å². The highest BCUT2D eigenvalue weighted by Gasteiger charge is 2.28. The van der Waals surface area contributed by atoms with Crippen LogP contribution in [0.25, 0.3) is 5.69 Å². The maximum absolute atomic E-state index is 5.79. The summed E-state index contributed by atoms with van der Waals surface area (Å²) in [5.41, 5.74) is 1.95.